The average molecular weight is 402 g/mol. The number of carboxylic acids is 1. The van der Waals surface area contributed by atoms with Crippen molar-refractivity contribution in [2.24, 2.45) is 0 Å². The van der Waals surface area contributed by atoms with Crippen molar-refractivity contribution in [3.63, 3.8) is 0 Å². The molecule has 3 aromatic carbocycles. The van der Waals surface area contributed by atoms with Gasteiger partial charge in [0.25, 0.3) is 5.91 Å². The summed E-state index contributed by atoms with van der Waals surface area (Å²) in [5.74, 6) is -1.32. The van der Waals surface area contributed by atoms with Gasteiger partial charge in [0.05, 0.1) is 19.1 Å². The minimum atomic E-state index is -1.23. The second-order valence-corrected chi connectivity index (χ2v) is 7.31. The molecule has 0 atom stereocenters. The third-order valence-electron chi connectivity index (χ3n) is 5.04. The fourth-order valence-corrected chi connectivity index (χ4v) is 3.36. The van der Waals surface area contributed by atoms with Crippen LogP contribution in [0, 0.1) is 0 Å². The molecular weight excluding hydrogens is 376 g/mol. The zero-order valence-electron chi connectivity index (χ0n) is 16.8. The quantitative estimate of drug-likeness (QED) is 0.538. The summed E-state index contributed by atoms with van der Waals surface area (Å²) in [4.78, 5) is 24.7. The Labute approximate surface area is 177 Å². The minimum Gasteiger partial charge on any atom is -0.545 e. The Morgan fingerprint density at radius 3 is 1.70 bits per heavy atom. The Morgan fingerprint density at radius 1 is 0.733 bits per heavy atom. The molecule has 2 N–H and O–H groups in total. The molecule has 0 saturated heterocycles. The summed E-state index contributed by atoms with van der Waals surface area (Å²) < 4.78 is 0. The van der Waals surface area contributed by atoms with E-state index in [-0.39, 0.29) is 11.5 Å². The van der Waals surface area contributed by atoms with Gasteiger partial charge in [-0.3, -0.25) is 4.79 Å². The zero-order chi connectivity index (χ0) is 21.2. The highest BCUT2D eigenvalue weighted by Crippen LogP contribution is 2.08. The van der Waals surface area contributed by atoms with Crippen molar-refractivity contribution in [3.05, 3.63) is 102 Å². The number of carboxylic acid groups (broad SMARTS) is 1. The number of aromatic carboxylic acids is 1. The summed E-state index contributed by atoms with van der Waals surface area (Å²) in [5, 5.41) is 13.7. The summed E-state index contributed by atoms with van der Waals surface area (Å²) in [6, 6.07) is 26.6. The first-order valence-electron chi connectivity index (χ1n) is 10.1. The van der Waals surface area contributed by atoms with Gasteiger partial charge in [0.2, 0.25) is 0 Å². The van der Waals surface area contributed by atoms with Gasteiger partial charge in [-0.2, -0.15) is 0 Å². The lowest BCUT2D eigenvalue weighted by Crippen LogP contribution is -3.13. The Bertz CT molecular complexity index is 898. The smallest absolute Gasteiger partial charge is 0.279 e. The van der Waals surface area contributed by atoms with E-state index >= 15 is 0 Å². The molecule has 0 heterocycles. The number of carbonyl (C=O) groups is 2. The van der Waals surface area contributed by atoms with Gasteiger partial charge in [-0.1, -0.05) is 72.8 Å². The van der Waals surface area contributed by atoms with Gasteiger partial charge in [0, 0.05) is 18.5 Å². The molecule has 30 heavy (non-hydrogen) atoms. The molecule has 0 bridgehead atoms. The third kappa shape index (κ3) is 6.87. The predicted octanol–water partition coefficient (Wildman–Crippen LogP) is 1.36. The van der Waals surface area contributed by atoms with Crippen LogP contribution in [-0.2, 0) is 17.6 Å². The number of benzene rings is 3. The van der Waals surface area contributed by atoms with E-state index in [9.17, 15) is 14.7 Å². The average Bonchev–Trinajstić information content (AvgIpc) is 2.77. The van der Waals surface area contributed by atoms with E-state index in [0.29, 0.717) is 12.2 Å². The van der Waals surface area contributed by atoms with Crippen LogP contribution in [0.15, 0.2) is 84.9 Å². The molecule has 0 radical (unpaired) electrons. The van der Waals surface area contributed by atoms with E-state index in [1.807, 2.05) is 36.4 Å². The summed E-state index contributed by atoms with van der Waals surface area (Å²) in [6.07, 6.45) is 1.80. The number of hydrogen-bond acceptors (Lipinski definition) is 3. The molecule has 0 saturated carbocycles. The zero-order valence-corrected chi connectivity index (χ0v) is 16.8. The summed E-state index contributed by atoms with van der Waals surface area (Å²) in [6.45, 7) is 2.06. The summed E-state index contributed by atoms with van der Waals surface area (Å²) >= 11 is 0. The van der Waals surface area contributed by atoms with Gasteiger partial charge < -0.3 is 20.1 Å². The maximum Gasteiger partial charge on any atom is 0.279 e. The van der Waals surface area contributed by atoms with Crippen molar-refractivity contribution >= 4 is 17.6 Å². The van der Waals surface area contributed by atoms with Crippen LogP contribution in [0.25, 0.3) is 0 Å². The van der Waals surface area contributed by atoms with Crippen LogP contribution in [0.4, 0.5) is 5.69 Å². The lowest BCUT2D eigenvalue weighted by Gasteiger charge is -2.19. The van der Waals surface area contributed by atoms with E-state index in [2.05, 4.69) is 29.6 Å². The highest BCUT2D eigenvalue weighted by Gasteiger charge is 2.15. The van der Waals surface area contributed by atoms with Crippen LogP contribution in [0.3, 0.4) is 0 Å². The van der Waals surface area contributed by atoms with Crippen LogP contribution in [0.5, 0.6) is 0 Å². The topological polar surface area (TPSA) is 73.7 Å². The van der Waals surface area contributed by atoms with E-state index in [1.54, 1.807) is 12.1 Å². The number of amides is 1. The van der Waals surface area contributed by atoms with Crippen molar-refractivity contribution in [3.8, 4) is 0 Å². The maximum atomic E-state index is 12.6. The Morgan fingerprint density at radius 2 is 1.23 bits per heavy atom. The van der Waals surface area contributed by atoms with E-state index < -0.39 is 5.97 Å². The van der Waals surface area contributed by atoms with E-state index in [0.717, 1.165) is 25.9 Å². The molecule has 1 amide bonds. The standard InChI is InChI=1S/C25H26N2O3/c28-24(26-23-13-11-22(12-14-23)25(29)30)19-27(17-15-20-7-3-1-4-8-20)18-16-21-9-5-2-6-10-21/h1-14H,15-19H2,(H,26,28)(H,29,30). The van der Waals surface area contributed by atoms with Crippen LogP contribution in [0.1, 0.15) is 21.5 Å². The van der Waals surface area contributed by atoms with Crippen LogP contribution >= 0.6 is 0 Å². The SMILES string of the molecule is O=C(C[NH+](CCc1ccccc1)CCc1ccccc1)Nc1ccc(C(=O)[O-])cc1. The molecule has 0 aliphatic carbocycles. The summed E-state index contributed by atoms with van der Waals surface area (Å²) in [5.41, 5.74) is 3.18. The highest BCUT2D eigenvalue weighted by molar-refractivity contribution is 5.92. The van der Waals surface area contributed by atoms with Gasteiger partial charge in [0.1, 0.15) is 0 Å². The first-order valence-corrected chi connectivity index (χ1v) is 10.1. The van der Waals surface area contributed by atoms with Crippen molar-refractivity contribution in [1.82, 2.24) is 0 Å². The second-order valence-electron chi connectivity index (χ2n) is 7.31. The molecule has 3 aromatic rings. The lowest BCUT2D eigenvalue weighted by molar-refractivity contribution is -0.891. The molecule has 3 rings (SSSR count). The van der Waals surface area contributed by atoms with Crippen molar-refractivity contribution in [2.75, 3.05) is 25.0 Å². The largest absolute Gasteiger partial charge is 0.545 e. The summed E-state index contributed by atoms with van der Waals surface area (Å²) in [7, 11) is 0. The van der Waals surface area contributed by atoms with Gasteiger partial charge >= 0.3 is 0 Å². The van der Waals surface area contributed by atoms with Crippen molar-refractivity contribution in [2.45, 2.75) is 12.8 Å². The lowest BCUT2D eigenvalue weighted by atomic mass is 10.1. The van der Waals surface area contributed by atoms with E-state index in [1.165, 1.54) is 28.2 Å². The van der Waals surface area contributed by atoms with Gasteiger partial charge in [0.15, 0.2) is 6.54 Å². The van der Waals surface area contributed by atoms with Gasteiger partial charge in [-0.05, 0) is 28.8 Å². The fraction of sp³-hybridized carbons (Fsp3) is 0.200. The number of carbonyl (C=O) groups excluding carboxylic acids is 2. The van der Waals surface area contributed by atoms with Crippen molar-refractivity contribution < 1.29 is 19.6 Å². The van der Waals surface area contributed by atoms with Crippen LogP contribution in [-0.4, -0.2) is 31.5 Å². The van der Waals surface area contributed by atoms with Crippen LogP contribution in [0.2, 0.25) is 0 Å². The Kier molecular flexibility index (Phi) is 7.75. The molecule has 0 aliphatic heterocycles. The molecule has 0 fully saturated rings. The molecule has 0 aromatic heterocycles. The second kappa shape index (κ2) is 10.9. The number of hydrogen-bond donors (Lipinski definition) is 2. The normalized spacial score (nSPS) is 10.7. The molecule has 0 unspecified atom stereocenters. The highest BCUT2D eigenvalue weighted by atomic mass is 16.4. The number of nitrogens with one attached hydrogen (secondary N) is 2. The van der Waals surface area contributed by atoms with Crippen molar-refractivity contribution in [1.29, 1.82) is 0 Å². The number of anilines is 1. The molecule has 0 spiro atoms. The first-order chi connectivity index (χ1) is 14.6. The Hall–Kier alpha value is -3.44. The van der Waals surface area contributed by atoms with Gasteiger partial charge in [-0.25, -0.2) is 0 Å². The molecule has 0 aliphatic rings. The fourth-order valence-electron chi connectivity index (χ4n) is 3.36. The maximum absolute atomic E-state index is 12.6. The Balaban J connectivity index is 1.59. The third-order valence-corrected chi connectivity index (χ3v) is 5.04. The molecule has 5 nitrogen and oxygen atoms in total. The molecule has 5 heteroatoms. The predicted molar refractivity (Wildman–Crippen MR) is 115 cm³/mol. The molecular formula is C25H26N2O3. The first kappa shape index (κ1) is 21.3. The van der Waals surface area contributed by atoms with E-state index in [4.69, 9.17) is 0 Å². The van der Waals surface area contributed by atoms with Gasteiger partial charge in [-0.15, -0.1) is 0 Å². The minimum absolute atomic E-state index is 0.0889. The molecule has 154 valence electrons. The number of quaternary nitrogens is 1. The monoisotopic (exact) mass is 402 g/mol. The number of rotatable bonds is 10. The van der Waals surface area contributed by atoms with Crippen LogP contribution < -0.4 is 15.3 Å².